The fourth-order valence-corrected chi connectivity index (χ4v) is 8.73. The van der Waals surface area contributed by atoms with Crippen molar-refractivity contribution in [1.82, 2.24) is 4.57 Å². The molecule has 0 amide bonds. The molecule has 1 aromatic heterocycles. The van der Waals surface area contributed by atoms with Gasteiger partial charge in [-0.15, -0.1) is 0 Å². The highest BCUT2D eigenvalue weighted by Gasteiger charge is 2.19. The largest absolute Gasteiger partial charge is 0.310 e. The Kier molecular flexibility index (Phi) is 7.53. The van der Waals surface area contributed by atoms with Crippen molar-refractivity contribution in [3.63, 3.8) is 0 Å². The lowest BCUT2D eigenvalue weighted by Gasteiger charge is -2.28. The highest BCUT2D eigenvalue weighted by molar-refractivity contribution is 6.24. The van der Waals surface area contributed by atoms with Crippen LogP contribution in [-0.2, 0) is 0 Å². The molecule has 0 aliphatic carbocycles. The molecular formula is C54H36N2. The second kappa shape index (κ2) is 13.2. The zero-order valence-electron chi connectivity index (χ0n) is 30.7. The van der Waals surface area contributed by atoms with E-state index in [0.717, 1.165) is 22.7 Å². The Balaban J connectivity index is 1.03. The molecule has 10 aromatic carbocycles. The first kappa shape index (κ1) is 32.0. The molecule has 0 radical (unpaired) electrons. The summed E-state index contributed by atoms with van der Waals surface area (Å²) < 4.78 is 2.42. The molecule has 1 heterocycles. The van der Waals surface area contributed by atoms with Crippen LogP contribution < -0.4 is 4.90 Å². The maximum Gasteiger partial charge on any atom is 0.0547 e. The quantitative estimate of drug-likeness (QED) is 0.149. The van der Waals surface area contributed by atoms with Crippen LogP contribution in [0.4, 0.5) is 17.1 Å². The van der Waals surface area contributed by atoms with Crippen molar-refractivity contribution in [3.05, 3.63) is 218 Å². The van der Waals surface area contributed by atoms with Gasteiger partial charge in [0.2, 0.25) is 0 Å². The molecule has 56 heavy (non-hydrogen) atoms. The van der Waals surface area contributed by atoms with Gasteiger partial charge < -0.3 is 9.47 Å². The number of benzene rings is 10. The van der Waals surface area contributed by atoms with Gasteiger partial charge in [0.15, 0.2) is 0 Å². The molecule has 0 aliphatic heterocycles. The minimum atomic E-state index is 1.10. The number of nitrogens with zero attached hydrogens (tertiary/aromatic N) is 2. The molecule has 0 N–H and O–H groups in total. The maximum atomic E-state index is 2.42. The summed E-state index contributed by atoms with van der Waals surface area (Å²) in [6, 6.07) is 79.4. The molecule has 0 atom stereocenters. The molecule has 11 aromatic rings. The van der Waals surface area contributed by atoms with Gasteiger partial charge in [0.05, 0.1) is 16.7 Å². The van der Waals surface area contributed by atoms with Crippen LogP contribution in [0.15, 0.2) is 218 Å². The summed E-state index contributed by atoms with van der Waals surface area (Å²) >= 11 is 0. The molecule has 262 valence electrons. The molecule has 0 spiro atoms. The Hall–Kier alpha value is -7.42. The molecule has 0 bridgehead atoms. The van der Waals surface area contributed by atoms with Gasteiger partial charge in [-0.05, 0) is 104 Å². The van der Waals surface area contributed by atoms with Crippen molar-refractivity contribution >= 4 is 60.4 Å². The molecule has 11 rings (SSSR count). The Morgan fingerprint density at radius 3 is 1.45 bits per heavy atom. The molecular weight excluding hydrogens is 677 g/mol. The van der Waals surface area contributed by atoms with Crippen LogP contribution in [0.1, 0.15) is 0 Å². The van der Waals surface area contributed by atoms with Crippen molar-refractivity contribution < 1.29 is 0 Å². The minimum absolute atomic E-state index is 1.10. The first-order valence-electron chi connectivity index (χ1n) is 19.3. The lowest BCUT2D eigenvalue weighted by Crippen LogP contribution is -2.10. The third-order valence-corrected chi connectivity index (χ3v) is 11.3. The van der Waals surface area contributed by atoms with E-state index < -0.39 is 0 Å². The molecule has 0 saturated heterocycles. The van der Waals surface area contributed by atoms with Crippen LogP contribution in [-0.4, -0.2) is 4.57 Å². The van der Waals surface area contributed by atoms with Gasteiger partial charge in [-0.2, -0.15) is 0 Å². The van der Waals surface area contributed by atoms with E-state index in [9.17, 15) is 0 Å². The van der Waals surface area contributed by atoms with Gasteiger partial charge in [0.1, 0.15) is 0 Å². The summed E-state index contributed by atoms with van der Waals surface area (Å²) in [5, 5.41) is 7.64. The fraction of sp³-hybridized carbons (Fsp3) is 0. The van der Waals surface area contributed by atoms with Gasteiger partial charge in [-0.3, -0.25) is 0 Å². The number of aromatic nitrogens is 1. The van der Waals surface area contributed by atoms with E-state index in [1.165, 1.54) is 76.7 Å². The van der Waals surface area contributed by atoms with Crippen LogP contribution in [0.5, 0.6) is 0 Å². The predicted molar refractivity (Wildman–Crippen MR) is 238 cm³/mol. The van der Waals surface area contributed by atoms with Gasteiger partial charge in [0.25, 0.3) is 0 Å². The number of rotatable bonds is 7. The van der Waals surface area contributed by atoms with Crippen molar-refractivity contribution in [1.29, 1.82) is 0 Å². The Labute approximate surface area is 326 Å². The molecule has 0 fully saturated rings. The smallest absolute Gasteiger partial charge is 0.0547 e. The second-order valence-electron chi connectivity index (χ2n) is 14.5. The van der Waals surface area contributed by atoms with E-state index in [1.807, 2.05) is 0 Å². The van der Waals surface area contributed by atoms with E-state index in [4.69, 9.17) is 0 Å². The minimum Gasteiger partial charge on any atom is -0.310 e. The maximum absolute atomic E-state index is 2.42. The van der Waals surface area contributed by atoms with Crippen molar-refractivity contribution in [2.75, 3.05) is 4.90 Å². The van der Waals surface area contributed by atoms with Gasteiger partial charge in [0, 0.05) is 33.2 Å². The molecule has 0 saturated carbocycles. The SMILES string of the molecule is c1ccc(-c2ccc(N(c3ccc(-c4cccc(-n5c6cccc7ccc8cccc5c8c76)c4)cc3)c3ccc(-c4ccccc4)c4ccccc34)cc2)cc1. The summed E-state index contributed by atoms with van der Waals surface area (Å²) in [4.78, 5) is 2.40. The monoisotopic (exact) mass is 712 g/mol. The van der Waals surface area contributed by atoms with Gasteiger partial charge in [-0.25, -0.2) is 0 Å². The van der Waals surface area contributed by atoms with E-state index in [1.54, 1.807) is 0 Å². The zero-order chi connectivity index (χ0) is 37.0. The highest BCUT2D eigenvalue weighted by atomic mass is 15.1. The molecule has 2 nitrogen and oxygen atoms in total. The van der Waals surface area contributed by atoms with Crippen molar-refractivity contribution in [3.8, 4) is 39.1 Å². The number of hydrogen-bond acceptors (Lipinski definition) is 1. The normalized spacial score (nSPS) is 11.6. The van der Waals surface area contributed by atoms with Gasteiger partial charge in [-0.1, -0.05) is 164 Å². The van der Waals surface area contributed by atoms with Crippen LogP contribution in [0.3, 0.4) is 0 Å². The third-order valence-electron chi connectivity index (χ3n) is 11.3. The number of hydrogen-bond donors (Lipinski definition) is 0. The third kappa shape index (κ3) is 5.26. The van der Waals surface area contributed by atoms with Crippen LogP contribution in [0.25, 0.3) is 82.4 Å². The lowest BCUT2D eigenvalue weighted by molar-refractivity contribution is 1.18. The van der Waals surface area contributed by atoms with E-state index >= 15 is 0 Å². The lowest BCUT2D eigenvalue weighted by atomic mass is 9.96. The van der Waals surface area contributed by atoms with E-state index in [0.29, 0.717) is 0 Å². The average Bonchev–Trinajstić information content (AvgIpc) is 3.63. The molecule has 0 unspecified atom stereocenters. The number of fused-ring (bicyclic) bond motifs is 1. The Bertz CT molecular complexity index is 3090. The summed E-state index contributed by atoms with van der Waals surface area (Å²) in [5.41, 5.74) is 14.2. The molecule has 2 heteroatoms. The zero-order valence-corrected chi connectivity index (χ0v) is 30.7. The van der Waals surface area contributed by atoms with E-state index in [-0.39, 0.29) is 0 Å². The summed E-state index contributed by atoms with van der Waals surface area (Å²) in [6.07, 6.45) is 0. The van der Waals surface area contributed by atoms with Crippen molar-refractivity contribution in [2.24, 2.45) is 0 Å². The fourth-order valence-electron chi connectivity index (χ4n) is 8.73. The standard InChI is InChI=1S/C54H36N2/c1-3-12-37(13-4-1)38-26-30-44(31-27-38)55(50-35-34-47(40-14-5-2-6-15-40)48-20-7-8-21-49(48)50)45-32-28-39(29-33-45)43-18-9-19-46(36-43)56-51-22-10-16-41-24-25-42-17-11-23-52(56)54(42)53(41)51/h1-36H. The van der Waals surface area contributed by atoms with E-state index in [2.05, 4.69) is 228 Å². The Morgan fingerprint density at radius 1 is 0.321 bits per heavy atom. The first-order chi connectivity index (χ1) is 27.8. The highest BCUT2D eigenvalue weighted by Crippen LogP contribution is 2.43. The second-order valence-corrected chi connectivity index (χ2v) is 14.5. The Morgan fingerprint density at radius 2 is 0.821 bits per heavy atom. The average molecular weight is 713 g/mol. The predicted octanol–water partition coefficient (Wildman–Crippen LogP) is 15.0. The summed E-state index contributed by atoms with van der Waals surface area (Å²) in [6.45, 7) is 0. The first-order valence-corrected chi connectivity index (χ1v) is 19.3. The number of anilines is 3. The van der Waals surface area contributed by atoms with Crippen molar-refractivity contribution in [2.45, 2.75) is 0 Å². The van der Waals surface area contributed by atoms with Crippen LogP contribution in [0, 0.1) is 0 Å². The van der Waals surface area contributed by atoms with Gasteiger partial charge >= 0.3 is 0 Å². The molecule has 0 aliphatic rings. The van der Waals surface area contributed by atoms with Crippen LogP contribution >= 0.6 is 0 Å². The topological polar surface area (TPSA) is 8.17 Å². The van der Waals surface area contributed by atoms with Crippen LogP contribution in [0.2, 0.25) is 0 Å². The summed E-state index contributed by atoms with van der Waals surface area (Å²) in [7, 11) is 0. The summed E-state index contributed by atoms with van der Waals surface area (Å²) in [5.74, 6) is 0.